The Morgan fingerprint density at radius 2 is 1.77 bits per heavy atom. The van der Waals surface area contributed by atoms with Crippen LogP contribution in [0.1, 0.15) is 41.5 Å². The average Bonchev–Trinajstić information content (AvgIpc) is 2.64. The minimum Gasteiger partial charge on any atom is -0.465 e. The van der Waals surface area contributed by atoms with Crippen LogP contribution in [0.5, 0.6) is 0 Å². The molecule has 0 aliphatic rings. The average molecular weight is 461 g/mol. The van der Waals surface area contributed by atoms with Crippen LogP contribution in [-0.2, 0) is 33.7 Å². The lowest BCUT2D eigenvalue weighted by atomic mass is 9.96. The molecule has 0 aliphatic heterocycles. The monoisotopic (exact) mass is 460 g/mol. The number of ether oxygens (including phenoxy) is 1. The number of rotatable bonds is 9. The molecule has 1 unspecified atom stereocenters. The first-order valence-electron chi connectivity index (χ1n) is 9.52. The molecule has 170 valence electrons. The molecule has 0 bridgehead atoms. The summed E-state index contributed by atoms with van der Waals surface area (Å²) in [6.07, 6.45) is 0. The maximum absolute atomic E-state index is 13.3. The molecule has 0 aliphatic carbocycles. The van der Waals surface area contributed by atoms with Crippen LogP contribution in [0.15, 0.2) is 50.6 Å². The van der Waals surface area contributed by atoms with Crippen LogP contribution in [0.3, 0.4) is 0 Å². The molecule has 0 amide bonds. The van der Waals surface area contributed by atoms with Gasteiger partial charge in [-0.15, -0.1) is 0 Å². The maximum atomic E-state index is 13.3. The van der Waals surface area contributed by atoms with Crippen molar-refractivity contribution in [3.63, 3.8) is 0 Å². The second-order valence-electron chi connectivity index (χ2n) is 7.71. The molecule has 10 heteroatoms. The number of benzene rings is 1. The summed E-state index contributed by atoms with van der Waals surface area (Å²) >= 11 is 0. The summed E-state index contributed by atoms with van der Waals surface area (Å²) in [6, 6.07) is 7.46. The van der Waals surface area contributed by atoms with E-state index in [1.807, 2.05) is 0 Å². The summed E-state index contributed by atoms with van der Waals surface area (Å²) in [5.74, 6) is -1.42. The van der Waals surface area contributed by atoms with Gasteiger partial charge in [0.15, 0.2) is 0 Å². The molecular weight excluding hydrogens is 428 g/mol. The summed E-state index contributed by atoms with van der Waals surface area (Å²) in [4.78, 5) is 13.0. The minimum atomic E-state index is -4.25. The molecule has 0 saturated carbocycles. The highest BCUT2D eigenvalue weighted by atomic mass is 32.2. The van der Waals surface area contributed by atoms with E-state index in [-0.39, 0.29) is 6.61 Å². The van der Waals surface area contributed by atoms with Crippen molar-refractivity contribution in [3.05, 3.63) is 41.3 Å². The zero-order valence-corrected chi connectivity index (χ0v) is 20.2. The van der Waals surface area contributed by atoms with Gasteiger partial charge in [-0.05, 0) is 46.8 Å². The van der Waals surface area contributed by atoms with Gasteiger partial charge in [-0.3, -0.25) is 8.98 Å². The smallest absolute Gasteiger partial charge is 0.337 e. The normalized spacial score (nSPS) is 17.0. The summed E-state index contributed by atoms with van der Waals surface area (Å²) < 4.78 is 54.6. The molecular formula is C20H32N2O6S2. The van der Waals surface area contributed by atoms with Crippen molar-refractivity contribution in [2.45, 2.75) is 58.1 Å². The standard InChI is InChI=1S/C20H32N2O6S2/c1-8-27-19(23)18(22-30(25,26)28-20(4,5)6)16(3)15(2)14-29(24,21-7)17-12-10-9-11-13-17/h9-14,16,18,22H,8H2,1-7H3/b15-14+/t16-,18+,29?/m1/s1. The van der Waals surface area contributed by atoms with Crippen molar-refractivity contribution in [1.29, 1.82) is 0 Å². The quantitative estimate of drug-likeness (QED) is 0.566. The second-order valence-corrected chi connectivity index (χ2v) is 11.2. The molecule has 0 aromatic heterocycles. The number of carbonyl (C=O) groups excluding carboxylic acids is 1. The Morgan fingerprint density at radius 1 is 1.20 bits per heavy atom. The molecule has 0 fully saturated rings. The lowest BCUT2D eigenvalue weighted by Gasteiger charge is -2.26. The van der Waals surface area contributed by atoms with Crippen LogP contribution < -0.4 is 4.72 Å². The highest BCUT2D eigenvalue weighted by molar-refractivity contribution is 7.96. The second kappa shape index (κ2) is 10.5. The van der Waals surface area contributed by atoms with Gasteiger partial charge in [0, 0.05) is 18.4 Å². The lowest BCUT2D eigenvalue weighted by molar-refractivity contribution is -0.146. The molecule has 1 N–H and O–H groups in total. The molecule has 1 rings (SSSR count). The van der Waals surface area contributed by atoms with Gasteiger partial charge in [0.05, 0.1) is 26.8 Å². The van der Waals surface area contributed by atoms with Crippen LogP contribution >= 0.6 is 0 Å². The fraction of sp³-hybridized carbons (Fsp3) is 0.550. The predicted molar refractivity (Wildman–Crippen MR) is 117 cm³/mol. The SMILES string of the molecule is CCOC(=O)[C@@H](NS(=O)(=O)OC(C)(C)C)[C@H](C)/C(C)=C/S(=O)(=NC)c1ccccc1. The number of hydrogen-bond donors (Lipinski definition) is 1. The van der Waals surface area contributed by atoms with Crippen molar-refractivity contribution in [2.24, 2.45) is 10.3 Å². The Morgan fingerprint density at radius 3 is 2.23 bits per heavy atom. The zero-order valence-electron chi connectivity index (χ0n) is 18.5. The van der Waals surface area contributed by atoms with E-state index in [9.17, 15) is 17.4 Å². The van der Waals surface area contributed by atoms with Crippen molar-refractivity contribution >= 4 is 26.0 Å². The number of nitrogens with one attached hydrogen (secondary N) is 1. The fourth-order valence-corrected chi connectivity index (χ4v) is 5.59. The fourth-order valence-electron chi connectivity index (χ4n) is 2.56. The number of carbonyl (C=O) groups is 1. The van der Waals surface area contributed by atoms with Crippen molar-refractivity contribution in [1.82, 2.24) is 4.72 Å². The topological polar surface area (TPSA) is 111 Å². The highest BCUT2D eigenvalue weighted by Crippen LogP contribution is 2.23. The van der Waals surface area contributed by atoms with E-state index >= 15 is 0 Å². The third-order valence-corrected chi connectivity index (χ3v) is 7.53. The van der Waals surface area contributed by atoms with Crippen molar-refractivity contribution in [2.75, 3.05) is 13.7 Å². The molecule has 8 nitrogen and oxygen atoms in total. The first-order chi connectivity index (χ1) is 13.7. The summed E-state index contributed by atoms with van der Waals surface area (Å²) in [6.45, 7) is 9.77. The molecule has 30 heavy (non-hydrogen) atoms. The van der Waals surface area contributed by atoms with Crippen LogP contribution in [0, 0.1) is 5.92 Å². The summed E-state index contributed by atoms with van der Waals surface area (Å²) in [7, 11) is -5.70. The number of hydrogen-bond acceptors (Lipinski definition) is 7. The molecule has 1 aromatic carbocycles. The third-order valence-electron chi connectivity index (χ3n) is 4.09. The van der Waals surface area contributed by atoms with Gasteiger partial charge < -0.3 is 4.74 Å². The molecule has 0 spiro atoms. The predicted octanol–water partition coefficient (Wildman–Crippen LogP) is 3.26. The first kappa shape index (κ1) is 26.3. The van der Waals surface area contributed by atoms with E-state index in [1.54, 1.807) is 71.9 Å². The molecule has 3 atom stereocenters. The van der Waals surface area contributed by atoms with Crippen LogP contribution in [0.4, 0.5) is 0 Å². The lowest BCUT2D eigenvalue weighted by Crippen LogP contribution is -2.48. The molecule has 0 heterocycles. The van der Waals surface area contributed by atoms with E-state index in [1.165, 1.54) is 12.5 Å². The van der Waals surface area contributed by atoms with Gasteiger partial charge in [-0.1, -0.05) is 30.7 Å². The highest BCUT2D eigenvalue weighted by Gasteiger charge is 2.34. The van der Waals surface area contributed by atoms with Crippen LogP contribution in [0.25, 0.3) is 0 Å². The zero-order chi connectivity index (χ0) is 23.2. The largest absolute Gasteiger partial charge is 0.465 e. The van der Waals surface area contributed by atoms with Crippen LogP contribution in [-0.4, -0.2) is 43.9 Å². The molecule has 1 aromatic rings. The number of esters is 1. The van der Waals surface area contributed by atoms with E-state index in [4.69, 9.17) is 8.92 Å². The van der Waals surface area contributed by atoms with Gasteiger partial charge in [-0.2, -0.15) is 13.1 Å². The van der Waals surface area contributed by atoms with E-state index in [2.05, 4.69) is 9.08 Å². The van der Waals surface area contributed by atoms with Gasteiger partial charge in [0.25, 0.3) is 0 Å². The van der Waals surface area contributed by atoms with Gasteiger partial charge >= 0.3 is 16.3 Å². The van der Waals surface area contributed by atoms with Crippen molar-refractivity contribution < 1.29 is 26.3 Å². The Kier molecular flexibility index (Phi) is 9.22. The molecule has 0 radical (unpaired) electrons. The molecule has 0 saturated heterocycles. The van der Waals surface area contributed by atoms with E-state index < -0.39 is 43.6 Å². The minimum absolute atomic E-state index is 0.0811. The van der Waals surface area contributed by atoms with E-state index in [0.717, 1.165) is 0 Å². The van der Waals surface area contributed by atoms with Gasteiger partial charge in [-0.25, -0.2) is 8.57 Å². The Labute approximate surface area is 180 Å². The first-order valence-corrected chi connectivity index (χ1v) is 12.5. The third kappa shape index (κ3) is 7.82. The van der Waals surface area contributed by atoms with E-state index in [0.29, 0.717) is 10.5 Å². The summed E-state index contributed by atoms with van der Waals surface area (Å²) in [5.41, 5.74) is -0.465. The Balaban J connectivity index is 3.32. The van der Waals surface area contributed by atoms with Crippen LogP contribution in [0.2, 0.25) is 0 Å². The van der Waals surface area contributed by atoms with Gasteiger partial charge in [0.1, 0.15) is 6.04 Å². The maximum Gasteiger partial charge on any atom is 0.337 e. The van der Waals surface area contributed by atoms with Gasteiger partial charge in [0.2, 0.25) is 0 Å². The number of nitrogens with zero attached hydrogens (tertiary/aromatic N) is 1. The summed E-state index contributed by atoms with van der Waals surface area (Å²) in [5, 5.41) is 1.47. The Bertz CT molecular complexity index is 972. The van der Waals surface area contributed by atoms with Crippen molar-refractivity contribution in [3.8, 4) is 0 Å². The Hall–Kier alpha value is -1.75.